The Morgan fingerprint density at radius 2 is 1.85 bits per heavy atom. The molecular formula is C20H22N4O2. The fraction of sp³-hybridized carbons (Fsp3) is 0.350. The van der Waals surface area contributed by atoms with E-state index in [4.69, 9.17) is 0 Å². The summed E-state index contributed by atoms with van der Waals surface area (Å²) in [4.78, 5) is 26.7. The molecule has 1 aliphatic rings. The van der Waals surface area contributed by atoms with E-state index < -0.39 is 0 Å². The number of carbonyl (C=O) groups excluding carboxylic acids is 1. The Bertz CT molecular complexity index is 1060. The molecule has 0 saturated carbocycles. The normalized spacial score (nSPS) is 14.7. The highest BCUT2D eigenvalue weighted by molar-refractivity contribution is 5.83. The van der Waals surface area contributed by atoms with Crippen LogP contribution in [0.2, 0.25) is 0 Å². The summed E-state index contributed by atoms with van der Waals surface area (Å²) >= 11 is 0. The van der Waals surface area contributed by atoms with Crippen molar-refractivity contribution in [3.8, 4) is 0 Å². The van der Waals surface area contributed by atoms with Gasteiger partial charge in [0.2, 0.25) is 5.91 Å². The van der Waals surface area contributed by atoms with Crippen molar-refractivity contribution < 1.29 is 4.79 Å². The van der Waals surface area contributed by atoms with Gasteiger partial charge in [0, 0.05) is 35.9 Å². The van der Waals surface area contributed by atoms with Crippen molar-refractivity contribution in [2.45, 2.75) is 33.4 Å². The first kappa shape index (κ1) is 16.6. The Labute approximate surface area is 151 Å². The zero-order chi connectivity index (χ0) is 18.4. The molecule has 1 aromatic carbocycles. The molecular weight excluding hydrogens is 328 g/mol. The van der Waals surface area contributed by atoms with Crippen LogP contribution in [0.25, 0.3) is 10.9 Å². The van der Waals surface area contributed by atoms with Gasteiger partial charge in [-0.05, 0) is 39.0 Å². The molecule has 2 aromatic heterocycles. The van der Waals surface area contributed by atoms with E-state index in [0.717, 1.165) is 22.6 Å². The van der Waals surface area contributed by atoms with Gasteiger partial charge in [0.15, 0.2) is 5.43 Å². The molecule has 134 valence electrons. The Balaban J connectivity index is 1.53. The van der Waals surface area contributed by atoms with Crippen LogP contribution < -0.4 is 5.43 Å². The Hall–Kier alpha value is -2.89. The highest BCUT2D eigenvalue weighted by Gasteiger charge is 2.33. The van der Waals surface area contributed by atoms with Crippen molar-refractivity contribution in [3.63, 3.8) is 0 Å². The molecule has 3 aromatic rings. The number of hydrogen-bond donors (Lipinski definition) is 0. The van der Waals surface area contributed by atoms with E-state index in [1.54, 1.807) is 12.1 Å². The molecule has 1 saturated heterocycles. The van der Waals surface area contributed by atoms with E-state index in [1.165, 1.54) is 0 Å². The molecule has 0 radical (unpaired) electrons. The molecule has 1 aliphatic heterocycles. The number of fused-ring (bicyclic) bond motifs is 1. The summed E-state index contributed by atoms with van der Waals surface area (Å²) < 4.78 is 3.94. The molecule has 4 rings (SSSR count). The minimum Gasteiger partial charge on any atom is -0.337 e. The summed E-state index contributed by atoms with van der Waals surface area (Å²) in [6.07, 6.45) is 0. The smallest absolute Gasteiger partial charge is 0.242 e. The van der Waals surface area contributed by atoms with E-state index >= 15 is 0 Å². The van der Waals surface area contributed by atoms with Gasteiger partial charge in [-0.3, -0.25) is 14.3 Å². The maximum atomic E-state index is 12.7. The van der Waals surface area contributed by atoms with Crippen LogP contribution in [0.1, 0.15) is 23.1 Å². The van der Waals surface area contributed by atoms with Crippen LogP contribution in [0.15, 0.2) is 41.2 Å². The van der Waals surface area contributed by atoms with Crippen molar-refractivity contribution in [1.82, 2.24) is 19.2 Å². The second kappa shape index (κ2) is 6.12. The van der Waals surface area contributed by atoms with Gasteiger partial charge < -0.3 is 9.47 Å². The minimum atomic E-state index is -0.00431. The topological polar surface area (TPSA) is 60.1 Å². The second-order valence-corrected chi connectivity index (χ2v) is 7.08. The van der Waals surface area contributed by atoms with Gasteiger partial charge in [-0.15, -0.1) is 0 Å². The standard InChI is InChI=1S/C20H22N4O2/c1-13-8-15(3)24(21-13)16-10-22(11-16)20(26)12-23-14(2)9-19(25)17-6-4-5-7-18(17)23/h4-9,16H,10-12H2,1-3H3. The molecule has 26 heavy (non-hydrogen) atoms. The predicted molar refractivity (Wildman–Crippen MR) is 100 cm³/mol. The van der Waals surface area contributed by atoms with Crippen LogP contribution in [0.3, 0.4) is 0 Å². The SMILES string of the molecule is Cc1cc(C)n(C2CN(C(=O)Cn3c(C)cc(=O)c4ccccc43)C2)n1. The van der Waals surface area contributed by atoms with Crippen LogP contribution in [0.4, 0.5) is 0 Å². The van der Waals surface area contributed by atoms with Crippen LogP contribution in [-0.4, -0.2) is 38.2 Å². The number of likely N-dealkylation sites (tertiary alicyclic amines) is 1. The molecule has 6 nitrogen and oxygen atoms in total. The van der Waals surface area contributed by atoms with E-state index in [1.807, 2.05) is 53.1 Å². The van der Waals surface area contributed by atoms with Crippen LogP contribution in [0.5, 0.6) is 0 Å². The Morgan fingerprint density at radius 1 is 1.12 bits per heavy atom. The number of aryl methyl sites for hydroxylation is 3. The van der Waals surface area contributed by atoms with Crippen LogP contribution >= 0.6 is 0 Å². The number of amides is 1. The van der Waals surface area contributed by atoms with Crippen molar-refractivity contribution in [1.29, 1.82) is 0 Å². The predicted octanol–water partition coefficient (Wildman–Crippen LogP) is 2.21. The summed E-state index contributed by atoms with van der Waals surface area (Å²) in [5.74, 6) is 0.0692. The lowest BCUT2D eigenvalue weighted by atomic mass is 10.1. The van der Waals surface area contributed by atoms with Gasteiger partial charge >= 0.3 is 0 Å². The third-order valence-corrected chi connectivity index (χ3v) is 5.12. The molecule has 0 atom stereocenters. The summed E-state index contributed by atoms with van der Waals surface area (Å²) in [6.45, 7) is 7.50. The quantitative estimate of drug-likeness (QED) is 0.728. The third kappa shape index (κ3) is 2.71. The summed E-state index contributed by atoms with van der Waals surface area (Å²) in [5.41, 5.74) is 3.74. The molecule has 0 bridgehead atoms. The first-order valence-corrected chi connectivity index (χ1v) is 8.84. The van der Waals surface area contributed by atoms with Gasteiger partial charge in [0.25, 0.3) is 0 Å². The number of benzene rings is 1. The van der Waals surface area contributed by atoms with Gasteiger partial charge in [0.1, 0.15) is 6.54 Å². The fourth-order valence-electron chi connectivity index (χ4n) is 3.73. The number of rotatable bonds is 3. The number of para-hydroxylation sites is 1. The lowest BCUT2D eigenvalue weighted by Crippen LogP contribution is -2.52. The maximum absolute atomic E-state index is 12.7. The number of aromatic nitrogens is 3. The van der Waals surface area contributed by atoms with Crippen molar-refractivity contribution in [2.75, 3.05) is 13.1 Å². The van der Waals surface area contributed by atoms with Crippen molar-refractivity contribution in [2.24, 2.45) is 0 Å². The number of carbonyl (C=O) groups is 1. The average molecular weight is 350 g/mol. The molecule has 0 spiro atoms. The second-order valence-electron chi connectivity index (χ2n) is 7.08. The fourth-order valence-corrected chi connectivity index (χ4v) is 3.73. The average Bonchev–Trinajstić information content (AvgIpc) is 2.88. The van der Waals surface area contributed by atoms with E-state index in [-0.39, 0.29) is 23.9 Å². The summed E-state index contributed by atoms with van der Waals surface area (Å²) in [7, 11) is 0. The van der Waals surface area contributed by atoms with Gasteiger partial charge in [-0.1, -0.05) is 12.1 Å². The van der Waals surface area contributed by atoms with Gasteiger partial charge in [-0.2, -0.15) is 5.10 Å². The number of nitrogens with zero attached hydrogens (tertiary/aromatic N) is 4. The van der Waals surface area contributed by atoms with E-state index in [0.29, 0.717) is 18.5 Å². The van der Waals surface area contributed by atoms with Gasteiger partial charge in [0.05, 0.1) is 17.3 Å². The Morgan fingerprint density at radius 3 is 2.54 bits per heavy atom. The molecule has 3 heterocycles. The first-order valence-electron chi connectivity index (χ1n) is 8.84. The molecule has 0 N–H and O–H groups in total. The lowest BCUT2D eigenvalue weighted by molar-refractivity contribution is -0.137. The largest absolute Gasteiger partial charge is 0.337 e. The molecule has 0 unspecified atom stereocenters. The summed E-state index contributed by atoms with van der Waals surface area (Å²) in [5, 5.41) is 5.16. The van der Waals surface area contributed by atoms with Crippen molar-refractivity contribution in [3.05, 3.63) is 63.7 Å². The molecule has 6 heteroatoms. The van der Waals surface area contributed by atoms with Gasteiger partial charge in [-0.25, -0.2) is 0 Å². The Kier molecular flexibility index (Phi) is 3.90. The maximum Gasteiger partial charge on any atom is 0.242 e. The zero-order valence-electron chi connectivity index (χ0n) is 15.3. The molecule has 1 fully saturated rings. The third-order valence-electron chi connectivity index (χ3n) is 5.12. The minimum absolute atomic E-state index is 0.00431. The van der Waals surface area contributed by atoms with E-state index in [2.05, 4.69) is 11.2 Å². The van der Waals surface area contributed by atoms with E-state index in [9.17, 15) is 9.59 Å². The van der Waals surface area contributed by atoms with Crippen molar-refractivity contribution >= 4 is 16.8 Å². The highest BCUT2D eigenvalue weighted by Crippen LogP contribution is 2.23. The summed E-state index contributed by atoms with van der Waals surface area (Å²) in [6, 6.07) is 11.3. The highest BCUT2D eigenvalue weighted by atomic mass is 16.2. The lowest BCUT2D eigenvalue weighted by Gasteiger charge is -2.40. The zero-order valence-corrected chi connectivity index (χ0v) is 15.3. The number of pyridine rings is 1. The molecule has 0 aliphatic carbocycles. The first-order chi connectivity index (χ1) is 12.4. The van der Waals surface area contributed by atoms with Crippen LogP contribution in [0, 0.1) is 20.8 Å². The molecule has 1 amide bonds. The monoisotopic (exact) mass is 350 g/mol. The van der Waals surface area contributed by atoms with Crippen LogP contribution in [-0.2, 0) is 11.3 Å². The number of hydrogen-bond acceptors (Lipinski definition) is 3.